The number of nitro groups is 1. The van der Waals surface area contributed by atoms with Crippen LogP contribution in [0.15, 0.2) is 30.4 Å². The van der Waals surface area contributed by atoms with Gasteiger partial charge in [-0.15, -0.1) is 0 Å². The minimum atomic E-state index is -1.51. The van der Waals surface area contributed by atoms with Gasteiger partial charge in [0.2, 0.25) is 11.8 Å². The van der Waals surface area contributed by atoms with E-state index in [0.717, 1.165) is 6.07 Å². The second kappa shape index (κ2) is 6.95. The number of nitro benzene ring substituents is 1. The largest absolute Gasteiger partial charge is 0.545 e. The van der Waals surface area contributed by atoms with Crippen molar-refractivity contribution in [2.75, 3.05) is 18.4 Å². The highest BCUT2D eigenvalue weighted by Crippen LogP contribution is 2.35. The summed E-state index contributed by atoms with van der Waals surface area (Å²) >= 11 is 0. The topological polar surface area (TPSA) is 133 Å². The number of allylic oxidation sites excluding steroid dienone is 2. The lowest BCUT2D eigenvalue weighted by atomic mass is 9.85. The maximum Gasteiger partial charge on any atom is 0.292 e. The van der Waals surface area contributed by atoms with Crippen molar-refractivity contribution in [3.63, 3.8) is 0 Å². The molecule has 1 aliphatic heterocycles. The van der Waals surface area contributed by atoms with Crippen LogP contribution in [-0.2, 0) is 9.59 Å². The number of carbonyl (C=O) groups excluding carboxylic acids is 3. The Morgan fingerprint density at radius 1 is 1.19 bits per heavy atom. The van der Waals surface area contributed by atoms with Crippen LogP contribution in [0.25, 0.3) is 0 Å². The molecular formula is C17H16N3O6-. The van der Waals surface area contributed by atoms with Crippen molar-refractivity contribution < 1.29 is 24.4 Å². The predicted molar refractivity (Wildman–Crippen MR) is 88.0 cm³/mol. The summed E-state index contributed by atoms with van der Waals surface area (Å²) in [5, 5.41) is 24.7. The van der Waals surface area contributed by atoms with Crippen molar-refractivity contribution in [3.8, 4) is 0 Å². The minimum absolute atomic E-state index is 0.0874. The Morgan fingerprint density at radius 2 is 1.81 bits per heavy atom. The number of fused-ring (bicyclic) bond motifs is 1. The van der Waals surface area contributed by atoms with Gasteiger partial charge in [-0.2, -0.15) is 0 Å². The minimum Gasteiger partial charge on any atom is -0.545 e. The van der Waals surface area contributed by atoms with E-state index in [2.05, 4.69) is 5.32 Å². The standard InChI is InChI=1S/C17H17N3O6/c21-15-11-3-1-2-4-12(11)16(22)19(15)8-7-18-13-6-5-10(17(23)24)9-14(13)20(25)26/h1-2,5-6,9,11-12,18H,3-4,7-8H2,(H,23,24)/p-1/t11-,12-/m0/s1. The maximum absolute atomic E-state index is 12.4. The van der Waals surface area contributed by atoms with E-state index in [1.54, 1.807) is 0 Å². The molecule has 1 aromatic rings. The van der Waals surface area contributed by atoms with Gasteiger partial charge >= 0.3 is 0 Å². The molecule has 2 aliphatic rings. The molecule has 1 saturated heterocycles. The summed E-state index contributed by atoms with van der Waals surface area (Å²) < 4.78 is 0. The Labute approximate surface area is 148 Å². The molecule has 1 aromatic carbocycles. The van der Waals surface area contributed by atoms with E-state index in [-0.39, 0.29) is 48.0 Å². The lowest BCUT2D eigenvalue weighted by molar-refractivity contribution is -0.384. The van der Waals surface area contributed by atoms with Gasteiger partial charge < -0.3 is 15.2 Å². The Balaban J connectivity index is 1.67. The molecule has 0 saturated carbocycles. The molecule has 136 valence electrons. The third kappa shape index (κ3) is 3.15. The Kier molecular flexibility index (Phi) is 4.70. The summed E-state index contributed by atoms with van der Waals surface area (Å²) in [6.45, 7) is 0.208. The predicted octanol–water partition coefficient (Wildman–Crippen LogP) is 0.321. The zero-order valence-corrected chi connectivity index (χ0v) is 13.7. The van der Waals surface area contributed by atoms with E-state index < -0.39 is 16.6 Å². The second-order valence-electron chi connectivity index (χ2n) is 6.19. The van der Waals surface area contributed by atoms with Crippen LogP contribution in [0, 0.1) is 22.0 Å². The fraction of sp³-hybridized carbons (Fsp3) is 0.353. The number of nitrogens with one attached hydrogen (secondary N) is 1. The number of carboxylic acids is 1. The van der Waals surface area contributed by atoms with Crippen molar-refractivity contribution >= 4 is 29.2 Å². The SMILES string of the molecule is O=C([O-])c1ccc(NCCN2C(=O)[C@H]3CC=CC[C@@H]3C2=O)c([N+](=O)[O-])c1. The fourth-order valence-corrected chi connectivity index (χ4v) is 3.35. The summed E-state index contributed by atoms with van der Waals surface area (Å²) in [7, 11) is 0. The summed E-state index contributed by atoms with van der Waals surface area (Å²) in [4.78, 5) is 47.1. The fourth-order valence-electron chi connectivity index (χ4n) is 3.35. The number of amides is 2. The summed E-state index contributed by atoms with van der Waals surface area (Å²) in [5.74, 6) is -2.57. The third-order valence-corrected chi connectivity index (χ3v) is 4.68. The van der Waals surface area contributed by atoms with Crippen LogP contribution in [0.1, 0.15) is 23.2 Å². The molecule has 0 aromatic heterocycles. The van der Waals surface area contributed by atoms with Crippen LogP contribution in [-0.4, -0.2) is 40.7 Å². The number of hydrogen-bond acceptors (Lipinski definition) is 7. The molecule has 0 radical (unpaired) electrons. The average molecular weight is 358 g/mol. The van der Waals surface area contributed by atoms with Gasteiger partial charge in [-0.25, -0.2) is 0 Å². The van der Waals surface area contributed by atoms with Gasteiger partial charge in [0.05, 0.1) is 22.7 Å². The zero-order chi connectivity index (χ0) is 18.8. The molecule has 2 amide bonds. The van der Waals surface area contributed by atoms with E-state index in [9.17, 15) is 29.6 Å². The molecular weight excluding hydrogens is 342 g/mol. The van der Waals surface area contributed by atoms with E-state index in [1.165, 1.54) is 17.0 Å². The van der Waals surface area contributed by atoms with Gasteiger partial charge in [0, 0.05) is 24.7 Å². The lowest BCUT2D eigenvalue weighted by Crippen LogP contribution is -2.35. The number of imide groups is 1. The highest BCUT2D eigenvalue weighted by atomic mass is 16.6. The molecule has 3 rings (SSSR count). The smallest absolute Gasteiger partial charge is 0.292 e. The highest BCUT2D eigenvalue weighted by Gasteiger charge is 2.46. The van der Waals surface area contributed by atoms with Crippen molar-refractivity contribution in [2.24, 2.45) is 11.8 Å². The monoisotopic (exact) mass is 358 g/mol. The number of benzene rings is 1. The molecule has 9 heteroatoms. The Morgan fingerprint density at radius 3 is 2.35 bits per heavy atom. The first kappa shape index (κ1) is 17.6. The van der Waals surface area contributed by atoms with E-state index in [4.69, 9.17) is 0 Å². The van der Waals surface area contributed by atoms with Crippen LogP contribution >= 0.6 is 0 Å². The van der Waals surface area contributed by atoms with Gasteiger partial charge in [-0.05, 0) is 18.9 Å². The number of likely N-dealkylation sites (tertiary alicyclic amines) is 1. The molecule has 1 heterocycles. The Bertz CT molecular complexity index is 793. The number of nitrogens with zero attached hydrogens (tertiary/aromatic N) is 2. The summed E-state index contributed by atoms with van der Waals surface area (Å²) in [6.07, 6.45) is 4.90. The van der Waals surface area contributed by atoms with Crippen molar-refractivity contribution in [1.29, 1.82) is 0 Å². The van der Waals surface area contributed by atoms with E-state index >= 15 is 0 Å². The van der Waals surface area contributed by atoms with Crippen molar-refractivity contribution in [1.82, 2.24) is 4.90 Å². The van der Waals surface area contributed by atoms with E-state index in [1.807, 2.05) is 12.2 Å². The third-order valence-electron chi connectivity index (χ3n) is 4.68. The highest BCUT2D eigenvalue weighted by molar-refractivity contribution is 6.05. The summed E-state index contributed by atoms with van der Waals surface area (Å²) in [6, 6.07) is 3.36. The quantitative estimate of drug-likeness (QED) is 0.335. The number of rotatable bonds is 6. The molecule has 26 heavy (non-hydrogen) atoms. The van der Waals surface area contributed by atoms with Crippen LogP contribution in [0.4, 0.5) is 11.4 Å². The van der Waals surface area contributed by atoms with Gasteiger partial charge in [0.15, 0.2) is 0 Å². The van der Waals surface area contributed by atoms with E-state index in [0.29, 0.717) is 12.8 Å². The number of carbonyl (C=O) groups is 3. The number of aromatic carboxylic acids is 1. The van der Waals surface area contributed by atoms with Gasteiger partial charge in [0.25, 0.3) is 5.69 Å². The van der Waals surface area contributed by atoms with Crippen LogP contribution < -0.4 is 10.4 Å². The van der Waals surface area contributed by atoms with Crippen LogP contribution in [0.3, 0.4) is 0 Å². The second-order valence-corrected chi connectivity index (χ2v) is 6.19. The van der Waals surface area contributed by atoms with Gasteiger partial charge in [0.1, 0.15) is 5.69 Å². The lowest BCUT2D eigenvalue weighted by Gasteiger charge is -2.16. The molecule has 1 aliphatic carbocycles. The first-order chi connectivity index (χ1) is 12.4. The molecule has 1 fully saturated rings. The Hall–Kier alpha value is -3.23. The maximum atomic E-state index is 12.4. The number of hydrogen-bond donors (Lipinski definition) is 1. The molecule has 0 bridgehead atoms. The molecule has 9 nitrogen and oxygen atoms in total. The average Bonchev–Trinajstić information content (AvgIpc) is 2.86. The van der Waals surface area contributed by atoms with Gasteiger partial charge in [-0.3, -0.25) is 24.6 Å². The first-order valence-electron chi connectivity index (χ1n) is 8.14. The van der Waals surface area contributed by atoms with Crippen LogP contribution in [0.2, 0.25) is 0 Å². The molecule has 1 N–H and O–H groups in total. The zero-order valence-electron chi connectivity index (χ0n) is 13.7. The summed E-state index contributed by atoms with van der Waals surface area (Å²) in [5.41, 5.74) is -0.606. The van der Waals surface area contributed by atoms with Gasteiger partial charge in [-0.1, -0.05) is 18.2 Å². The number of carboxylic acid groups (broad SMARTS) is 1. The van der Waals surface area contributed by atoms with Crippen molar-refractivity contribution in [2.45, 2.75) is 12.8 Å². The van der Waals surface area contributed by atoms with Crippen molar-refractivity contribution in [3.05, 3.63) is 46.0 Å². The molecule has 0 unspecified atom stereocenters. The normalized spacial score (nSPS) is 21.6. The van der Waals surface area contributed by atoms with Crippen LogP contribution in [0.5, 0.6) is 0 Å². The first-order valence-corrected chi connectivity index (χ1v) is 8.14. The number of anilines is 1. The molecule has 2 atom stereocenters. The molecule has 0 spiro atoms.